The van der Waals surface area contributed by atoms with E-state index < -0.39 is 5.97 Å². The lowest BCUT2D eigenvalue weighted by Gasteiger charge is -2.07. The molecule has 0 amide bonds. The molecule has 1 heterocycles. The van der Waals surface area contributed by atoms with Gasteiger partial charge in [-0.05, 0) is 37.0 Å². The number of carbonyl (C=O) groups is 1. The lowest BCUT2D eigenvalue weighted by atomic mass is 10.0. The molecule has 0 aliphatic rings. The first kappa shape index (κ1) is 11.7. The Hall–Kier alpha value is -1.38. The summed E-state index contributed by atoms with van der Waals surface area (Å²) in [5.74, 6) is -0.256. The molecule has 0 bridgehead atoms. The van der Waals surface area contributed by atoms with Crippen molar-refractivity contribution in [1.29, 1.82) is 0 Å². The standard InChI is InChI=1S/C12H17NO2/c1-8(2)4-10-5-9(3)13-11(6-10)7-12(14)15/h5-6,8H,4,7H2,1-3H3,(H,14,15). The van der Waals surface area contributed by atoms with E-state index >= 15 is 0 Å². The van der Waals surface area contributed by atoms with Crippen molar-refractivity contribution < 1.29 is 9.90 Å². The third-order valence-electron chi connectivity index (χ3n) is 2.04. The zero-order valence-electron chi connectivity index (χ0n) is 9.45. The fourth-order valence-electron chi connectivity index (χ4n) is 1.65. The molecule has 1 aromatic heterocycles. The van der Waals surface area contributed by atoms with E-state index in [4.69, 9.17) is 5.11 Å². The normalized spacial score (nSPS) is 10.7. The molecule has 0 aliphatic heterocycles. The zero-order chi connectivity index (χ0) is 11.4. The van der Waals surface area contributed by atoms with E-state index in [0.717, 1.165) is 12.1 Å². The van der Waals surface area contributed by atoms with Crippen LogP contribution in [-0.2, 0) is 17.6 Å². The first-order valence-electron chi connectivity index (χ1n) is 5.15. The Kier molecular flexibility index (Phi) is 3.83. The number of aryl methyl sites for hydroxylation is 1. The number of pyridine rings is 1. The van der Waals surface area contributed by atoms with Crippen molar-refractivity contribution in [2.45, 2.75) is 33.6 Å². The van der Waals surface area contributed by atoms with Gasteiger partial charge >= 0.3 is 5.97 Å². The molecule has 3 heteroatoms. The van der Waals surface area contributed by atoms with Gasteiger partial charge in [0, 0.05) is 5.69 Å². The van der Waals surface area contributed by atoms with Crippen molar-refractivity contribution in [3.05, 3.63) is 29.1 Å². The molecule has 3 nitrogen and oxygen atoms in total. The van der Waals surface area contributed by atoms with Gasteiger partial charge in [-0.25, -0.2) is 0 Å². The molecule has 1 N–H and O–H groups in total. The average molecular weight is 207 g/mol. The van der Waals surface area contributed by atoms with Crippen LogP contribution in [-0.4, -0.2) is 16.1 Å². The Morgan fingerprint density at radius 2 is 2.13 bits per heavy atom. The summed E-state index contributed by atoms with van der Waals surface area (Å²) >= 11 is 0. The number of carboxylic acids is 1. The smallest absolute Gasteiger partial charge is 0.309 e. The maximum absolute atomic E-state index is 10.6. The number of aliphatic carboxylic acids is 1. The van der Waals surface area contributed by atoms with Crippen LogP contribution in [0.3, 0.4) is 0 Å². The first-order chi connectivity index (χ1) is 6.97. The van der Waals surface area contributed by atoms with Crippen molar-refractivity contribution in [2.24, 2.45) is 5.92 Å². The summed E-state index contributed by atoms with van der Waals surface area (Å²) in [4.78, 5) is 14.8. The van der Waals surface area contributed by atoms with E-state index in [1.165, 1.54) is 5.56 Å². The van der Waals surface area contributed by atoms with Crippen LogP contribution in [0.1, 0.15) is 30.8 Å². The number of hydrogen-bond acceptors (Lipinski definition) is 2. The molecule has 1 aromatic rings. The average Bonchev–Trinajstić information content (AvgIpc) is 1.98. The fraction of sp³-hybridized carbons (Fsp3) is 0.500. The molecule has 0 saturated carbocycles. The van der Waals surface area contributed by atoms with Crippen molar-refractivity contribution in [3.8, 4) is 0 Å². The number of carboxylic acid groups (broad SMARTS) is 1. The Morgan fingerprint density at radius 1 is 1.47 bits per heavy atom. The molecule has 15 heavy (non-hydrogen) atoms. The molecule has 0 radical (unpaired) electrons. The van der Waals surface area contributed by atoms with Crippen molar-refractivity contribution in [3.63, 3.8) is 0 Å². The summed E-state index contributed by atoms with van der Waals surface area (Å²) in [7, 11) is 0. The van der Waals surface area contributed by atoms with Crippen LogP contribution in [0.2, 0.25) is 0 Å². The molecule has 0 spiro atoms. The summed E-state index contributed by atoms with van der Waals surface area (Å²) in [5.41, 5.74) is 2.72. The van der Waals surface area contributed by atoms with Gasteiger partial charge in [-0.3, -0.25) is 9.78 Å². The first-order valence-corrected chi connectivity index (χ1v) is 5.15. The van der Waals surface area contributed by atoms with Crippen LogP contribution in [0.15, 0.2) is 12.1 Å². The Bertz CT molecular complexity index is 359. The SMILES string of the molecule is Cc1cc(CC(C)C)cc(CC(=O)O)n1. The molecule has 0 fully saturated rings. The van der Waals surface area contributed by atoms with E-state index in [1.54, 1.807) is 0 Å². The second-order valence-electron chi connectivity index (χ2n) is 4.28. The highest BCUT2D eigenvalue weighted by atomic mass is 16.4. The number of rotatable bonds is 4. The number of nitrogens with zero attached hydrogens (tertiary/aromatic N) is 1. The molecule has 0 unspecified atom stereocenters. The largest absolute Gasteiger partial charge is 0.481 e. The van der Waals surface area contributed by atoms with Crippen molar-refractivity contribution in [2.75, 3.05) is 0 Å². The number of hydrogen-bond donors (Lipinski definition) is 1. The second kappa shape index (κ2) is 4.91. The maximum Gasteiger partial charge on any atom is 0.309 e. The minimum atomic E-state index is -0.830. The van der Waals surface area contributed by atoms with Crippen LogP contribution in [0.4, 0.5) is 0 Å². The monoisotopic (exact) mass is 207 g/mol. The summed E-state index contributed by atoms with van der Waals surface area (Å²) in [6.45, 7) is 6.19. The van der Waals surface area contributed by atoms with E-state index in [9.17, 15) is 4.79 Å². The predicted octanol–water partition coefficient (Wildman–Crippen LogP) is 2.22. The van der Waals surface area contributed by atoms with Gasteiger partial charge in [-0.15, -0.1) is 0 Å². The molecular weight excluding hydrogens is 190 g/mol. The highest BCUT2D eigenvalue weighted by molar-refractivity contribution is 5.69. The van der Waals surface area contributed by atoms with Crippen LogP contribution in [0.5, 0.6) is 0 Å². The second-order valence-corrected chi connectivity index (χ2v) is 4.28. The van der Waals surface area contributed by atoms with Crippen LogP contribution < -0.4 is 0 Å². The summed E-state index contributed by atoms with van der Waals surface area (Å²) in [5, 5.41) is 8.69. The van der Waals surface area contributed by atoms with Gasteiger partial charge in [-0.2, -0.15) is 0 Å². The molecule has 0 aromatic carbocycles. The van der Waals surface area contributed by atoms with Crippen LogP contribution in [0, 0.1) is 12.8 Å². The minimum Gasteiger partial charge on any atom is -0.481 e. The minimum absolute atomic E-state index is 0.00672. The molecule has 0 aliphatic carbocycles. The van der Waals surface area contributed by atoms with Crippen LogP contribution >= 0.6 is 0 Å². The van der Waals surface area contributed by atoms with Gasteiger partial charge in [0.25, 0.3) is 0 Å². The van der Waals surface area contributed by atoms with Crippen molar-refractivity contribution >= 4 is 5.97 Å². The van der Waals surface area contributed by atoms with Gasteiger partial charge in [-0.1, -0.05) is 13.8 Å². The highest BCUT2D eigenvalue weighted by Crippen LogP contribution is 2.11. The van der Waals surface area contributed by atoms with Gasteiger partial charge < -0.3 is 5.11 Å². The Morgan fingerprint density at radius 3 is 2.67 bits per heavy atom. The molecule has 82 valence electrons. The summed E-state index contributed by atoms with van der Waals surface area (Å²) in [6.07, 6.45) is 0.975. The highest BCUT2D eigenvalue weighted by Gasteiger charge is 2.06. The van der Waals surface area contributed by atoms with Gasteiger partial charge in [0.05, 0.1) is 12.1 Å². The third-order valence-corrected chi connectivity index (χ3v) is 2.04. The molecular formula is C12H17NO2. The van der Waals surface area contributed by atoms with E-state index in [1.807, 2.05) is 19.1 Å². The Balaban J connectivity index is 2.89. The quantitative estimate of drug-likeness (QED) is 0.823. The molecule has 0 saturated heterocycles. The van der Waals surface area contributed by atoms with E-state index in [2.05, 4.69) is 18.8 Å². The summed E-state index contributed by atoms with van der Waals surface area (Å²) in [6, 6.07) is 3.91. The molecule has 1 rings (SSSR count). The van der Waals surface area contributed by atoms with E-state index in [-0.39, 0.29) is 6.42 Å². The lowest BCUT2D eigenvalue weighted by molar-refractivity contribution is -0.136. The fourth-order valence-corrected chi connectivity index (χ4v) is 1.65. The van der Waals surface area contributed by atoms with Gasteiger partial charge in [0.2, 0.25) is 0 Å². The van der Waals surface area contributed by atoms with E-state index in [0.29, 0.717) is 11.6 Å². The predicted molar refractivity (Wildman–Crippen MR) is 58.9 cm³/mol. The third kappa shape index (κ3) is 4.11. The lowest BCUT2D eigenvalue weighted by Crippen LogP contribution is -2.05. The molecule has 0 atom stereocenters. The van der Waals surface area contributed by atoms with Gasteiger partial charge in [0.1, 0.15) is 0 Å². The Labute approximate surface area is 90.2 Å². The van der Waals surface area contributed by atoms with Crippen molar-refractivity contribution in [1.82, 2.24) is 4.98 Å². The summed E-state index contributed by atoms with van der Waals surface area (Å²) < 4.78 is 0. The maximum atomic E-state index is 10.6. The zero-order valence-corrected chi connectivity index (χ0v) is 9.45. The topological polar surface area (TPSA) is 50.2 Å². The van der Waals surface area contributed by atoms with Crippen LogP contribution in [0.25, 0.3) is 0 Å². The van der Waals surface area contributed by atoms with Gasteiger partial charge in [0.15, 0.2) is 0 Å². The number of aromatic nitrogens is 1.